The third kappa shape index (κ3) is 2.34. The molecule has 0 bridgehead atoms. The first-order chi connectivity index (χ1) is 7.52. The lowest BCUT2D eigenvalue weighted by molar-refractivity contribution is 0.0916. The van der Waals surface area contributed by atoms with E-state index in [1.54, 1.807) is 11.3 Å². The summed E-state index contributed by atoms with van der Waals surface area (Å²) in [5.41, 5.74) is 1.15. The lowest BCUT2D eigenvalue weighted by Crippen LogP contribution is -2.25. The number of nitrogens with zero attached hydrogens (tertiary/aromatic N) is 1. The van der Waals surface area contributed by atoms with Gasteiger partial charge in [-0.15, -0.1) is 11.3 Å². The average molecular weight is 237 g/mol. The van der Waals surface area contributed by atoms with Crippen molar-refractivity contribution in [3.63, 3.8) is 0 Å². The van der Waals surface area contributed by atoms with Crippen molar-refractivity contribution >= 4 is 17.1 Å². The maximum atomic E-state index is 12.0. The zero-order chi connectivity index (χ0) is 11.8. The highest BCUT2D eigenvalue weighted by atomic mass is 32.1. The number of ketones is 1. The predicted octanol–water partition coefficient (Wildman–Crippen LogP) is 3.64. The monoisotopic (exact) mass is 237 g/mol. The maximum absolute atomic E-state index is 12.0. The van der Waals surface area contributed by atoms with Crippen LogP contribution in [0.4, 0.5) is 0 Å². The first-order valence-electron chi connectivity index (χ1n) is 6.03. The Labute approximate surface area is 101 Å². The van der Waals surface area contributed by atoms with E-state index in [4.69, 9.17) is 0 Å². The molecule has 1 aromatic rings. The zero-order valence-corrected chi connectivity index (χ0v) is 11.1. The summed E-state index contributed by atoms with van der Waals surface area (Å²) in [6.07, 6.45) is 5.02. The van der Waals surface area contributed by atoms with Crippen LogP contribution in [0, 0.1) is 5.41 Å². The fourth-order valence-corrected chi connectivity index (χ4v) is 3.26. The lowest BCUT2D eigenvalue weighted by atomic mass is 9.78. The average Bonchev–Trinajstić information content (AvgIpc) is 2.56. The van der Waals surface area contributed by atoms with Gasteiger partial charge in [0.2, 0.25) is 0 Å². The lowest BCUT2D eigenvalue weighted by Gasteiger charge is -2.26. The second-order valence-electron chi connectivity index (χ2n) is 5.43. The van der Waals surface area contributed by atoms with Crippen molar-refractivity contribution in [2.24, 2.45) is 5.41 Å². The van der Waals surface area contributed by atoms with Gasteiger partial charge in [0.1, 0.15) is 0 Å². The number of thiazole rings is 1. The van der Waals surface area contributed by atoms with Gasteiger partial charge in [-0.25, -0.2) is 4.98 Å². The molecule has 0 spiro atoms. The Morgan fingerprint density at radius 1 is 1.38 bits per heavy atom. The molecule has 1 aromatic heterocycles. The molecule has 0 aliphatic heterocycles. The van der Waals surface area contributed by atoms with Gasteiger partial charge in [-0.2, -0.15) is 0 Å². The standard InChI is InChI=1S/C13H19NOS/c1-4-5-6-11-14-9-7-13(2,3)8-10(15)12(9)16-11/h4-8H2,1-3H3. The summed E-state index contributed by atoms with van der Waals surface area (Å²) in [5, 5.41) is 1.15. The Morgan fingerprint density at radius 3 is 2.81 bits per heavy atom. The molecule has 0 aromatic carbocycles. The smallest absolute Gasteiger partial charge is 0.175 e. The van der Waals surface area contributed by atoms with Crippen LogP contribution in [0.1, 0.15) is 60.4 Å². The molecule has 0 unspecified atom stereocenters. The molecular formula is C13H19NOS. The summed E-state index contributed by atoms with van der Waals surface area (Å²) >= 11 is 1.62. The molecule has 3 heteroatoms. The van der Waals surface area contributed by atoms with Crippen LogP contribution in [0.2, 0.25) is 0 Å². The zero-order valence-electron chi connectivity index (χ0n) is 10.3. The minimum Gasteiger partial charge on any atom is -0.293 e. The molecule has 0 atom stereocenters. The number of aromatic nitrogens is 1. The summed E-state index contributed by atoms with van der Waals surface area (Å²) in [5.74, 6) is 0.298. The number of unbranched alkanes of at least 4 members (excludes halogenated alkanes) is 1. The van der Waals surface area contributed by atoms with E-state index in [0.29, 0.717) is 12.2 Å². The molecular weight excluding hydrogens is 218 g/mol. The Kier molecular flexibility index (Phi) is 3.15. The van der Waals surface area contributed by atoms with Gasteiger partial charge in [0, 0.05) is 6.42 Å². The van der Waals surface area contributed by atoms with E-state index in [0.717, 1.165) is 28.4 Å². The van der Waals surface area contributed by atoms with E-state index in [2.05, 4.69) is 25.8 Å². The number of carbonyl (C=O) groups is 1. The molecule has 0 amide bonds. The van der Waals surface area contributed by atoms with Gasteiger partial charge in [0.05, 0.1) is 15.6 Å². The van der Waals surface area contributed by atoms with Gasteiger partial charge in [-0.1, -0.05) is 27.2 Å². The van der Waals surface area contributed by atoms with Gasteiger partial charge in [0.25, 0.3) is 0 Å². The summed E-state index contributed by atoms with van der Waals surface area (Å²) in [6.45, 7) is 6.49. The van der Waals surface area contributed by atoms with Gasteiger partial charge < -0.3 is 0 Å². The van der Waals surface area contributed by atoms with E-state index >= 15 is 0 Å². The number of rotatable bonds is 3. The van der Waals surface area contributed by atoms with Crippen LogP contribution < -0.4 is 0 Å². The van der Waals surface area contributed by atoms with Crippen LogP contribution in [0.3, 0.4) is 0 Å². The summed E-state index contributed by atoms with van der Waals surface area (Å²) in [7, 11) is 0. The SMILES string of the molecule is CCCCc1nc2c(s1)C(=O)CC(C)(C)C2. The van der Waals surface area contributed by atoms with Crippen LogP contribution in [0.25, 0.3) is 0 Å². The number of hydrogen-bond acceptors (Lipinski definition) is 3. The van der Waals surface area contributed by atoms with E-state index in [9.17, 15) is 4.79 Å². The Balaban J connectivity index is 2.23. The molecule has 16 heavy (non-hydrogen) atoms. The van der Waals surface area contributed by atoms with Crippen LogP contribution in [0.5, 0.6) is 0 Å². The van der Waals surface area contributed by atoms with Crippen LogP contribution in [-0.4, -0.2) is 10.8 Å². The van der Waals surface area contributed by atoms with Gasteiger partial charge in [-0.05, 0) is 24.7 Å². The number of aryl methyl sites for hydroxylation is 1. The van der Waals surface area contributed by atoms with E-state index in [1.165, 1.54) is 12.8 Å². The van der Waals surface area contributed by atoms with Gasteiger partial charge in [0.15, 0.2) is 5.78 Å². The fraction of sp³-hybridized carbons (Fsp3) is 0.692. The maximum Gasteiger partial charge on any atom is 0.175 e. The van der Waals surface area contributed by atoms with Gasteiger partial charge >= 0.3 is 0 Å². The second-order valence-corrected chi connectivity index (χ2v) is 6.51. The van der Waals surface area contributed by atoms with Crippen molar-refractivity contribution in [2.45, 2.75) is 52.9 Å². The number of hydrogen-bond donors (Lipinski definition) is 0. The third-order valence-corrected chi connectivity index (χ3v) is 4.22. The van der Waals surface area contributed by atoms with Crippen LogP contribution >= 0.6 is 11.3 Å². The van der Waals surface area contributed by atoms with Crippen molar-refractivity contribution < 1.29 is 4.79 Å². The highest BCUT2D eigenvalue weighted by Crippen LogP contribution is 2.37. The highest BCUT2D eigenvalue weighted by molar-refractivity contribution is 7.13. The Hall–Kier alpha value is -0.700. The third-order valence-electron chi connectivity index (χ3n) is 3.02. The molecule has 0 saturated heterocycles. The topological polar surface area (TPSA) is 30.0 Å². The molecule has 0 N–H and O–H groups in total. The molecule has 0 fully saturated rings. The van der Waals surface area contributed by atoms with Crippen LogP contribution in [0.15, 0.2) is 0 Å². The number of carbonyl (C=O) groups excluding carboxylic acids is 1. The number of fused-ring (bicyclic) bond motifs is 1. The molecule has 0 saturated carbocycles. The second kappa shape index (κ2) is 4.28. The molecule has 1 aliphatic carbocycles. The molecule has 0 radical (unpaired) electrons. The van der Waals surface area contributed by atoms with Crippen molar-refractivity contribution in [3.05, 3.63) is 15.6 Å². The number of Topliss-reactive ketones (excluding diaryl/α,β-unsaturated/α-hetero) is 1. The summed E-state index contributed by atoms with van der Waals surface area (Å²) < 4.78 is 0. The van der Waals surface area contributed by atoms with Crippen LogP contribution in [-0.2, 0) is 12.8 Å². The van der Waals surface area contributed by atoms with E-state index in [-0.39, 0.29) is 5.41 Å². The van der Waals surface area contributed by atoms with Crippen molar-refractivity contribution in [1.82, 2.24) is 4.98 Å². The molecule has 1 aliphatic rings. The minimum absolute atomic E-state index is 0.0974. The molecule has 88 valence electrons. The predicted molar refractivity (Wildman–Crippen MR) is 67.2 cm³/mol. The first kappa shape index (κ1) is 11.8. The fourth-order valence-electron chi connectivity index (χ4n) is 2.20. The largest absolute Gasteiger partial charge is 0.293 e. The minimum atomic E-state index is 0.0974. The quantitative estimate of drug-likeness (QED) is 0.803. The highest BCUT2D eigenvalue weighted by Gasteiger charge is 2.33. The normalized spacial score (nSPS) is 18.6. The molecule has 1 heterocycles. The summed E-state index contributed by atoms with van der Waals surface area (Å²) in [6, 6.07) is 0. The van der Waals surface area contributed by atoms with Crippen molar-refractivity contribution in [3.8, 4) is 0 Å². The molecule has 2 nitrogen and oxygen atoms in total. The Morgan fingerprint density at radius 2 is 2.12 bits per heavy atom. The van der Waals surface area contributed by atoms with Crippen molar-refractivity contribution in [1.29, 1.82) is 0 Å². The van der Waals surface area contributed by atoms with E-state index < -0.39 is 0 Å². The first-order valence-corrected chi connectivity index (χ1v) is 6.85. The van der Waals surface area contributed by atoms with E-state index in [1.807, 2.05) is 0 Å². The molecule has 2 rings (SSSR count). The van der Waals surface area contributed by atoms with Gasteiger partial charge in [-0.3, -0.25) is 4.79 Å². The summed E-state index contributed by atoms with van der Waals surface area (Å²) in [4.78, 5) is 17.5. The van der Waals surface area contributed by atoms with Crippen molar-refractivity contribution in [2.75, 3.05) is 0 Å². The Bertz CT molecular complexity index is 406.